The van der Waals surface area contributed by atoms with E-state index in [1.54, 1.807) is 13.0 Å². The molecule has 1 aromatic carbocycles. The maximum Gasteiger partial charge on any atom is 0.573 e. The van der Waals surface area contributed by atoms with Crippen LogP contribution in [0.15, 0.2) is 24.3 Å². The van der Waals surface area contributed by atoms with E-state index >= 15 is 0 Å². The van der Waals surface area contributed by atoms with Gasteiger partial charge in [0.05, 0.1) is 18.8 Å². The fraction of sp³-hybridized carbons (Fsp3) is 0.571. The van der Waals surface area contributed by atoms with Crippen LogP contribution in [0.4, 0.5) is 13.2 Å². The summed E-state index contributed by atoms with van der Waals surface area (Å²) < 4.78 is 45.9. The summed E-state index contributed by atoms with van der Waals surface area (Å²) in [6.07, 6.45) is -4.41. The molecular weight excluding hydrogens is 287 g/mol. The first-order valence-electron chi connectivity index (χ1n) is 6.66. The Balaban J connectivity index is 2.09. The Morgan fingerprint density at radius 1 is 1.43 bits per heavy atom. The van der Waals surface area contributed by atoms with Gasteiger partial charge in [-0.25, -0.2) is 0 Å². The molecule has 118 valence electrons. The smallest absolute Gasteiger partial charge is 0.406 e. The maximum absolute atomic E-state index is 12.2. The van der Waals surface area contributed by atoms with Crippen molar-refractivity contribution in [1.82, 2.24) is 5.32 Å². The molecule has 1 fully saturated rings. The summed E-state index contributed by atoms with van der Waals surface area (Å²) in [6.45, 7) is 3.34. The molecule has 2 unspecified atom stereocenters. The van der Waals surface area contributed by atoms with E-state index in [2.05, 4.69) is 10.1 Å². The van der Waals surface area contributed by atoms with Crippen molar-refractivity contribution in [2.45, 2.75) is 31.3 Å². The monoisotopic (exact) mass is 305 g/mol. The number of hydrogen-bond donors (Lipinski definition) is 2. The lowest BCUT2D eigenvalue weighted by atomic mass is 9.89. The number of morpholine rings is 1. The fourth-order valence-electron chi connectivity index (χ4n) is 2.38. The molecule has 21 heavy (non-hydrogen) atoms. The minimum atomic E-state index is -4.75. The molecule has 1 aliphatic heterocycles. The highest BCUT2D eigenvalue weighted by Gasteiger charge is 2.33. The first-order valence-corrected chi connectivity index (χ1v) is 6.66. The molecule has 0 aliphatic carbocycles. The van der Waals surface area contributed by atoms with E-state index in [0.29, 0.717) is 31.7 Å². The molecule has 0 spiro atoms. The van der Waals surface area contributed by atoms with E-state index in [1.165, 1.54) is 18.2 Å². The molecule has 2 atom stereocenters. The highest BCUT2D eigenvalue weighted by atomic mass is 19.4. The summed E-state index contributed by atoms with van der Waals surface area (Å²) in [6, 6.07) is 5.37. The molecule has 0 radical (unpaired) electrons. The molecular formula is C14H18F3NO3. The van der Waals surface area contributed by atoms with Crippen LogP contribution in [0.2, 0.25) is 0 Å². The van der Waals surface area contributed by atoms with E-state index in [-0.39, 0.29) is 11.8 Å². The highest BCUT2D eigenvalue weighted by molar-refractivity contribution is 5.32. The van der Waals surface area contributed by atoms with Gasteiger partial charge in [-0.2, -0.15) is 0 Å². The van der Waals surface area contributed by atoms with Crippen LogP contribution < -0.4 is 10.1 Å². The van der Waals surface area contributed by atoms with Crippen LogP contribution in [0.25, 0.3) is 0 Å². The first kappa shape index (κ1) is 16.1. The van der Waals surface area contributed by atoms with Crippen LogP contribution in [-0.2, 0) is 10.3 Å². The fourth-order valence-corrected chi connectivity index (χ4v) is 2.38. The van der Waals surface area contributed by atoms with Crippen molar-refractivity contribution in [2.75, 3.05) is 19.8 Å². The van der Waals surface area contributed by atoms with Crippen molar-refractivity contribution in [3.05, 3.63) is 29.8 Å². The molecule has 2 rings (SSSR count). The molecule has 0 bridgehead atoms. The minimum Gasteiger partial charge on any atom is -0.406 e. The molecule has 0 amide bonds. The molecule has 0 aromatic heterocycles. The second-order valence-corrected chi connectivity index (χ2v) is 5.28. The van der Waals surface area contributed by atoms with Crippen molar-refractivity contribution >= 4 is 0 Å². The van der Waals surface area contributed by atoms with Crippen molar-refractivity contribution in [1.29, 1.82) is 0 Å². The Labute approximate surface area is 120 Å². The molecule has 1 aliphatic rings. The Bertz CT molecular complexity index is 471. The van der Waals surface area contributed by atoms with Crippen molar-refractivity contribution in [3.63, 3.8) is 0 Å². The lowest BCUT2D eigenvalue weighted by Crippen LogP contribution is -2.45. The molecule has 2 N–H and O–H groups in total. The van der Waals surface area contributed by atoms with E-state index in [0.717, 1.165) is 0 Å². The van der Waals surface area contributed by atoms with Crippen LogP contribution in [-0.4, -0.2) is 37.3 Å². The summed E-state index contributed by atoms with van der Waals surface area (Å²) in [4.78, 5) is 0. The number of benzene rings is 1. The van der Waals surface area contributed by atoms with E-state index in [4.69, 9.17) is 4.74 Å². The molecule has 7 heteroatoms. The second-order valence-electron chi connectivity index (χ2n) is 5.28. The largest absolute Gasteiger partial charge is 0.573 e. The van der Waals surface area contributed by atoms with Gasteiger partial charge < -0.3 is 19.9 Å². The third-order valence-electron chi connectivity index (χ3n) is 3.33. The number of halogens is 3. The summed E-state index contributed by atoms with van der Waals surface area (Å²) in [5, 5.41) is 13.7. The number of nitrogens with one attached hydrogen (secondary N) is 1. The van der Waals surface area contributed by atoms with Crippen molar-refractivity contribution in [2.24, 2.45) is 0 Å². The summed E-state index contributed by atoms with van der Waals surface area (Å²) >= 11 is 0. The van der Waals surface area contributed by atoms with E-state index in [1.807, 2.05) is 0 Å². The Kier molecular flexibility index (Phi) is 4.75. The zero-order valence-electron chi connectivity index (χ0n) is 11.6. The van der Waals surface area contributed by atoms with Gasteiger partial charge in [-0.15, -0.1) is 13.2 Å². The van der Waals surface area contributed by atoms with Gasteiger partial charge in [-0.1, -0.05) is 12.1 Å². The number of ether oxygens (including phenoxy) is 2. The lowest BCUT2D eigenvalue weighted by molar-refractivity contribution is -0.274. The summed E-state index contributed by atoms with van der Waals surface area (Å²) in [5.74, 6) is -0.340. The van der Waals surface area contributed by atoms with Crippen LogP contribution in [0.5, 0.6) is 5.75 Å². The van der Waals surface area contributed by atoms with Crippen LogP contribution in [0.1, 0.15) is 18.9 Å². The highest BCUT2D eigenvalue weighted by Crippen LogP contribution is 2.31. The van der Waals surface area contributed by atoms with Gasteiger partial charge in [0.15, 0.2) is 0 Å². The van der Waals surface area contributed by atoms with E-state index in [9.17, 15) is 18.3 Å². The molecule has 0 saturated carbocycles. The zero-order chi connectivity index (χ0) is 15.5. The second kappa shape index (κ2) is 6.21. The average molecular weight is 305 g/mol. The number of alkyl halides is 3. The summed E-state index contributed by atoms with van der Waals surface area (Å²) in [5.41, 5.74) is -0.903. The van der Waals surface area contributed by atoms with Crippen LogP contribution in [0.3, 0.4) is 0 Å². The van der Waals surface area contributed by atoms with Crippen LogP contribution >= 0.6 is 0 Å². The predicted molar refractivity (Wildman–Crippen MR) is 69.9 cm³/mol. The molecule has 1 saturated heterocycles. The third-order valence-corrected chi connectivity index (χ3v) is 3.33. The van der Waals surface area contributed by atoms with Gasteiger partial charge in [0.2, 0.25) is 0 Å². The van der Waals surface area contributed by atoms with Crippen molar-refractivity contribution < 1.29 is 27.8 Å². The van der Waals surface area contributed by atoms with Gasteiger partial charge in [0.1, 0.15) is 5.75 Å². The standard InChI is InChI=1S/C14H18F3NO3/c1-13(19,8-11-9-20-6-5-18-11)10-3-2-4-12(7-10)21-14(15,16)17/h2-4,7,11,18-19H,5-6,8-9H2,1H3. The number of rotatable bonds is 4. The maximum atomic E-state index is 12.2. The van der Waals surface area contributed by atoms with Crippen molar-refractivity contribution in [3.8, 4) is 5.75 Å². The Hall–Kier alpha value is -1.31. The van der Waals surface area contributed by atoms with Gasteiger partial charge in [-0.05, 0) is 31.0 Å². The van der Waals surface area contributed by atoms with Gasteiger partial charge >= 0.3 is 6.36 Å². The Morgan fingerprint density at radius 3 is 2.81 bits per heavy atom. The van der Waals surface area contributed by atoms with E-state index < -0.39 is 12.0 Å². The topological polar surface area (TPSA) is 50.7 Å². The third kappa shape index (κ3) is 4.87. The van der Waals surface area contributed by atoms with Gasteiger partial charge in [0, 0.05) is 12.6 Å². The number of hydrogen-bond acceptors (Lipinski definition) is 4. The van der Waals surface area contributed by atoms with Crippen LogP contribution in [0, 0.1) is 0 Å². The molecule has 4 nitrogen and oxygen atoms in total. The first-order chi connectivity index (χ1) is 9.76. The zero-order valence-corrected chi connectivity index (χ0v) is 11.6. The van der Waals surface area contributed by atoms with Gasteiger partial charge in [-0.3, -0.25) is 0 Å². The van der Waals surface area contributed by atoms with Gasteiger partial charge in [0.25, 0.3) is 0 Å². The predicted octanol–water partition coefficient (Wildman–Crippen LogP) is 2.17. The normalized spacial score (nSPS) is 22.6. The average Bonchev–Trinajstić information content (AvgIpc) is 2.37. The Morgan fingerprint density at radius 2 is 2.19 bits per heavy atom. The SMILES string of the molecule is CC(O)(CC1COCCN1)c1cccc(OC(F)(F)F)c1. The molecule has 1 aromatic rings. The quantitative estimate of drug-likeness (QED) is 0.895. The summed E-state index contributed by atoms with van der Waals surface area (Å²) in [7, 11) is 0. The number of aliphatic hydroxyl groups is 1. The lowest BCUT2D eigenvalue weighted by Gasteiger charge is -2.32. The molecule has 1 heterocycles. The minimum absolute atomic E-state index is 0.0408.